The lowest BCUT2D eigenvalue weighted by molar-refractivity contribution is 0.0218. The van der Waals surface area contributed by atoms with Crippen LogP contribution < -0.4 is 5.32 Å². The Bertz CT molecular complexity index is 653. The Balaban J connectivity index is 1.48. The average molecular weight is 315 g/mol. The van der Waals surface area contributed by atoms with Crippen LogP contribution in [0.3, 0.4) is 0 Å². The number of carbonyl (C=O) groups excluding carboxylic acids is 1. The third kappa shape index (κ3) is 2.38. The highest BCUT2D eigenvalue weighted by Crippen LogP contribution is 2.33. The van der Waals surface area contributed by atoms with E-state index in [1.165, 1.54) is 25.9 Å². The summed E-state index contributed by atoms with van der Waals surface area (Å²) in [4.78, 5) is 20.2. The van der Waals surface area contributed by atoms with Gasteiger partial charge in [-0.05, 0) is 63.0 Å². The van der Waals surface area contributed by atoms with E-state index in [1.807, 2.05) is 30.5 Å². The number of carbonyl (C=O) groups is 1. The monoisotopic (exact) mass is 315 g/mol. The molecule has 4 nitrogen and oxygen atoms in total. The summed E-state index contributed by atoms with van der Waals surface area (Å²) in [5, 5.41) is 3.29. The first-order chi connectivity index (χ1) is 10.7. The summed E-state index contributed by atoms with van der Waals surface area (Å²) in [6.07, 6.45) is 4.34. The van der Waals surface area contributed by atoms with Crippen LogP contribution in [0.25, 0.3) is 10.6 Å². The molecule has 0 aliphatic carbocycles. The zero-order valence-corrected chi connectivity index (χ0v) is 13.5. The second kappa shape index (κ2) is 5.56. The third-order valence-electron chi connectivity index (χ3n) is 5.17. The van der Waals surface area contributed by atoms with Gasteiger partial charge in [-0.1, -0.05) is 0 Å². The quantitative estimate of drug-likeness (QED) is 0.915. The fraction of sp³-hybridized carbons (Fsp3) is 0.471. The molecule has 0 aromatic carbocycles. The molecule has 0 saturated carbocycles. The van der Waals surface area contributed by atoms with Gasteiger partial charge < -0.3 is 10.3 Å². The van der Waals surface area contributed by atoms with Gasteiger partial charge in [0.1, 0.15) is 0 Å². The maximum atomic E-state index is 12.6. The SMILES string of the molecule is C[C@@H]1[C@H](NC(=O)c2ccc(-c3ccc[nH]3)s2)C2CCN1CC2. The van der Waals surface area contributed by atoms with Gasteiger partial charge in [-0.2, -0.15) is 0 Å². The fourth-order valence-electron chi connectivity index (χ4n) is 3.86. The van der Waals surface area contributed by atoms with Crippen LogP contribution in [0.15, 0.2) is 30.5 Å². The van der Waals surface area contributed by atoms with Gasteiger partial charge in [0.05, 0.1) is 15.4 Å². The van der Waals surface area contributed by atoms with Crippen molar-refractivity contribution >= 4 is 17.2 Å². The van der Waals surface area contributed by atoms with Crippen LogP contribution in [-0.2, 0) is 0 Å². The van der Waals surface area contributed by atoms with E-state index in [9.17, 15) is 4.79 Å². The summed E-state index contributed by atoms with van der Waals surface area (Å²) in [6, 6.07) is 8.71. The van der Waals surface area contributed by atoms with Crippen molar-refractivity contribution in [2.45, 2.75) is 31.8 Å². The van der Waals surface area contributed by atoms with E-state index in [-0.39, 0.29) is 5.91 Å². The van der Waals surface area contributed by atoms with E-state index in [0.29, 0.717) is 18.0 Å². The third-order valence-corrected chi connectivity index (χ3v) is 6.29. The van der Waals surface area contributed by atoms with Gasteiger partial charge in [0.25, 0.3) is 5.91 Å². The number of aromatic amines is 1. The number of thiophene rings is 1. The fourth-order valence-corrected chi connectivity index (χ4v) is 4.75. The number of H-pyrrole nitrogens is 1. The van der Waals surface area contributed by atoms with Gasteiger partial charge in [-0.15, -0.1) is 11.3 Å². The maximum absolute atomic E-state index is 12.6. The molecule has 22 heavy (non-hydrogen) atoms. The molecule has 2 aromatic heterocycles. The minimum atomic E-state index is 0.0772. The van der Waals surface area contributed by atoms with E-state index in [2.05, 4.69) is 22.1 Å². The van der Waals surface area contributed by atoms with Crippen LogP contribution >= 0.6 is 11.3 Å². The maximum Gasteiger partial charge on any atom is 0.261 e. The summed E-state index contributed by atoms with van der Waals surface area (Å²) in [5.41, 5.74) is 1.07. The van der Waals surface area contributed by atoms with E-state index in [0.717, 1.165) is 15.4 Å². The lowest BCUT2D eigenvalue weighted by Crippen LogP contribution is -2.62. The summed E-state index contributed by atoms with van der Waals surface area (Å²) < 4.78 is 0. The number of piperidine rings is 3. The molecule has 1 amide bonds. The molecule has 0 radical (unpaired) electrons. The van der Waals surface area contributed by atoms with Crippen LogP contribution in [0.1, 0.15) is 29.4 Å². The highest BCUT2D eigenvalue weighted by Gasteiger charge is 2.40. The number of fused-ring (bicyclic) bond motifs is 3. The van der Waals surface area contributed by atoms with Gasteiger partial charge in [0, 0.05) is 18.3 Å². The normalized spacial score (nSPS) is 30.4. The van der Waals surface area contributed by atoms with Crippen molar-refractivity contribution in [2.24, 2.45) is 5.92 Å². The molecule has 5 heteroatoms. The Morgan fingerprint density at radius 3 is 2.82 bits per heavy atom. The summed E-state index contributed by atoms with van der Waals surface area (Å²) in [7, 11) is 0. The summed E-state index contributed by atoms with van der Waals surface area (Å²) in [5.74, 6) is 0.722. The molecule has 0 spiro atoms. The highest BCUT2D eigenvalue weighted by atomic mass is 32.1. The second-order valence-electron chi connectivity index (χ2n) is 6.36. The lowest BCUT2D eigenvalue weighted by Gasteiger charge is -2.49. The van der Waals surface area contributed by atoms with Crippen molar-refractivity contribution in [3.05, 3.63) is 35.3 Å². The molecule has 0 unspecified atom stereocenters. The van der Waals surface area contributed by atoms with Gasteiger partial charge in [0.2, 0.25) is 0 Å². The Kier molecular flexibility index (Phi) is 3.54. The number of nitrogens with zero attached hydrogens (tertiary/aromatic N) is 1. The number of aromatic nitrogens is 1. The zero-order chi connectivity index (χ0) is 15.1. The van der Waals surface area contributed by atoms with Crippen LogP contribution in [0, 0.1) is 5.92 Å². The smallest absolute Gasteiger partial charge is 0.261 e. The molecule has 2 N–H and O–H groups in total. The average Bonchev–Trinajstić information content (AvgIpc) is 3.21. The predicted molar refractivity (Wildman–Crippen MR) is 89.1 cm³/mol. The Hall–Kier alpha value is -1.59. The van der Waals surface area contributed by atoms with Crippen molar-refractivity contribution in [3.63, 3.8) is 0 Å². The van der Waals surface area contributed by atoms with Gasteiger partial charge in [-0.3, -0.25) is 9.69 Å². The van der Waals surface area contributed by atoms with Crippen molar-refractivity contribution in [3.8, 4) is 10.6 Å². The molecule has 116 valence electrons. The lowest BCUT2D eigenvalue weighted by atomic mass is 9.79. The van der Waals surface area contributed by atoms with Crippen LogP contribution in [0.2, 0.25) is 0 Å². The molecule has 5 heterocycles. The summed E-state index contributed by atoms with van der Waals surface area (Å²) in [6.45, 7) is 4.62. The molecule has 2 atom stereocenters. The Morgan fingerprint density at radius 2 is 2.14 bits per heavy atom. The molecule has 3 fully saturated rings. The topological polar surface area (TPSA) is 48.1 Å². The molecular formula is C17H21N3OS. The van der Waals surface area contributed by atoms with E-state index >= 15 is 0 Å². The van der Waals surface area contributed by atoms with Crippen molar-refractivity contribution in [1.82, 2.24) is 15.2 Å². The van der Waals surface area contributed by atoms with Crippen LogP contribution in [0.4, 0.5) is 0 Å². The van der Waals surface area contributed by atoms with Gasteiger partial charge in [-0.25, -0.2) is 0 Å². The van der Waals surface area contributed by atoms with Gasteiger partial charge in [0.15, 0.2) is 0 Å². The molecule has 3 aliphatic rings. The molecule has 5 rings (SSSR count). The minimum absolute atomic E-state index is 0.0772. The Labute approximate surface area is 134 Å². The first kappa shape index (κ1) is 14.0. The Morgan fingerprint density at radius 1 is 1.32 bits per heavy atom. The molecule has 3 aliphatic heterocycles. The molecule has 2 bridgehead atoms. The van der Waals surface area contributed by atoms with E-state index in [1.54, 1.807) is 11.3 Å². The van der Waals surface area contributed by atoms with Crippen molar-refractivity contribution < 1.29 is 4.79 Å². The number of hydrogen-bond donors (Lipinski definition) is 2. The summed E-state index contributed by atoms with van der Waals surface area (Å²) >= 11 is 1.55. The molecule has 3 saturated heterocycles. The predicted octanol–water partition coefficient (Wildman–Crippen LogP) is 2.96. The van der Waals surface area contributed by atoms with E-state index in [4.69, 9.17) is 0 Å². The largest absolute Gasteiger partial charge is 0.361 e. The first-order valence-electron chi connectivity index (χ1n) is 8.01. The van der Waals surface area contributed by atoms with Crippen LogP contribution in [0.5, 0.6) is 0 Å². The van der Waals surface area contributed by atoms with E-state index < -0.39 is 0 Å². The molecular weight excluding hydrogens is 294 g/mol. The molecule has 2 aromatic rings. The number of nitrogens with one attached hydrogen (secondary N) is 2. The number of hydrogen-bond acceptors (Lipinski definition) is 3. The zero-order valence-electron chi connectivity index (χ0n) is 12.7. The first-order valence-corrected chi connectivity index (χ1v) is 8.82. The minimum Gasteiger partial charge on any atom is -0.361 e. The standard InChI is InChI=1S/C17H21N3OS/c1-11-16(12-6-9-20(11)10-7-12)19-17(21)15-5-4-14(22-15)13-3-2-8-18-13/h2-5,8,11-12,16,18H,6-7,9-10H2,1H3,(H,19,21)/t11-,16+/m1/s1. The number of amides is 1. The van der Waals surface area contributed by atoms with Crippen LogP contribution in [-0.4, -0.2) is 41.0 Å². The van der Waals surface area contributed by atoms with Crippen molar-refractivity contribution in [2.75, 3.05) is 13.1 Å². The number of rotatable bonds is 3. The van der Waals surface area contributed by atoms with Crippen molar-refractivity contribution in [1.29, 1.82) is 0 Å². The second-order valence-corrected chi connectivity index (χ2v) is 7.44. The van der Waals surface area contributed by atoms with Gasteiger partial charge >= 0.3 is 0 Å². The highest BCUT2D eigenvalue weighted by molar-refractivity contribution is 7.17.